The summed E-state index contributed by atoms with van der Waals surface area (Å²) in [5.41, 5.74) is 7.85. The van der Waals surface area contributed by atoms with Crippen LogP contribution in [0.15, 0.2) is 51.7 Å². The minimum absolute atomic E-state index is 0. The Hall–Kier alpha value is -2.53. The predicted molar refractivity (Wildman–Crippen MR) is 78.0 cm³/mol. The summed E-state index contributed by atoms with van der Waals surface area (Å²) >= 11 is 0. The van der Waals surface area contributed by atoms with Gasteiger partial charge in [-0.25, -0.2) is 4.79 Å². The second-order valence-corrected chi connectivity index (χ2v) is 4.11. The average molecular weight is 291 g/mol. The minimum Gasteiger partial charge on any atom is -0.408 e. The molecule has 0 atom stereocenters. The number of rotatable bonds is 2. The first-order valence-corrected chi connectivity index (χ1v) is 5.68. The van der Waals surface area contributed by atoms with Crippen molar-refractivity contribution < 1.29 is 9.21 Å². The number of halogens is 1. The van der Waals surface area contributed by atoms with Gasteiger partial charge in [-0.1, -0.05) is 30.3 Å². The fourth-order valence-electron chi connectivity index (χ4n) is 2.13. The SMILES string of the molecule is Cl.NC(=O)c1c(-c2ccccc2)ccc2oc(=O)[nH]c12. The van der Waals surface area contributed by atoms with E-state index in [4.69, 9.17) is 10.2 Å². The van der Waals surface area contributed by atoms with Crippen molar-refractivity contribution in [2.75, 3.05) is 0 Å². The molecule has 20 heavy (non-hydrogen) atoms. The van der Waals surface area contributed by atoms with E-state index in [9.17, 15) is 9.59 Å². The first-order chi connectivity index (χ1) is 9.16. The second kappa shape index (κ2) is 5.22. The number of carbonyl (C=O) groups excluding carboxylic acids is 1. The normalized spacial score (nSPS) is 10.2. The lowest BCUT2D eigenvalue weighted by atomic mass is 9.98. The average Bonchev–Trinajstić information content (AvgIpc) is 2.78. The van der Waals surface area contributed by atoms with Crippen molar-refractivity contribution >= 4 is 29.4 Å². The van der Waals surface area contributed by atoms with Crippen molar-refractivity contribution in [3.05, 3.63) is 58.6 Å². The zero-order chi connectivity index (χ0) is 13.4. The van der Waals surface area contributed by atoms with Gasteiger partial charge in [0.15, 0.2) is 5.58 Å². The Kier molecular flexibility index (Phi) is 3.63. The molecule has 0 saturated heterocycles. The molecule has 5 nitrogen and oxygen atoms in total. The Bertz CT molecular complexity index is 821. The van der Waals surface area contributed by atoms with Crippen molar-refractivity contribution in [1.29, 1.82) is 0 Å². The van der Waals surface area contributed by atoms with Crippen molar-refractivity contribution in [3.63, 3.8) is 0 Å². The van der Waals surface area contributed by atoms with Crippen molar-refractivity contribution in [2.24, 2.45) is 5.73 Å². The zero-order valence-electron chi connectivity index (χ0n) is 10.3. The number of fused-ring (bicyclic) bond motifs is 1. The predicted octanol–water partition coefficient (Wildman–Crippen LogP) is 2.31. The van der Waals surface area contributed by atoms with Gasteiger partial charge in [0.1, 0.15) is 5.52 Å². The van der Waals surface area contributed by atoms with Gasteiger partial charge in [0, 0.05) is 0 Å². The van der Waals surface area contributed by atoms with Crippen LogP contribution >= 0.6 is 12.4 Å². The lowest BCUT2D eigenvalue weighted by Crippen LogP contribution is -2.13. The quantitative estimate of drug-likeness (QED) is 0.759. The first-order valence-electron chi connectivity index (χ1n) is 5.68. The monoisotopic (exact) mass is 290 g/mol. The Labute approximate surface area is 119 Å². The number of amides is 1. The molecular formula is C14H11ClN2O3. The number of hydrogen-bond donors (Lipinski definition) is 2. The molecule has 0 saturated carbocycles. The zero-order valence-corrected chi connectivity index (χ0v) is 11.1. The summed E-state index contributed by atoms with van der Waals surface area (Å²) in [6, 6.07) is 12.7. The highest BCUT2D eigenvalue weighted by Crippen LogP contribution is 2.28. The number of oxazole rings is 1. The van der Waals surface area contributed by atoms with Crippen LogP contribution in [-0.2, 0) is 0 Å². The van der Waals surface area contributed by atoms with Crippen LogP contribution in [0, 0.1) is 0 Å². The lowest BCUT2D eigenvalue weighted by molar-refractivity contribution is 0.100. The Balaban J connectivity index is 0.00000147. The summed E-state index contributed by atoms with van der Waals surface area (Å²) < 4.78 is 4.93. The highest BCUT2D eigenvalue weighted by atomic mass is 35.5. The molecular weight excluding hydrogens is 280 g/mol. The number of H-pyrrole nitrogens is 1. The summed E-state index contributed by atoms with van der Waals surface area (Å²) in [4.78, 5) is 25.4. The molecule has 1 aromatic heterocycles. The number of hydrogen-bond acceptors (Lipinski definition) is 3. The number of aromatic nitrogens is 1. The molecule has 0 aliphatic carbocycles. The van der Waals surface area contributed by atoms with Crippen LogP contribution in [0.5, 0.6) is 0 Å². The molecule has 0 aliphatic rings. The highest BCUT2D eigenvalue weighted by Gasteiger charge is 2.17. The molecule has 0 spiro atoms. The number of nitrogens with one attached hydrogen (secondary N) is 1. The largest absolute Gasteiger partial charge is 0.417 e. The Morgan fingerprint density at radius 1 is 1.10 bits per heavy atom. The van der Waals surface area contributed by atoms with Gasteiger partial charge in [0.25, 0.3) is 5.91 Å². The van der Waals surface area contributed by atoms with Crippen molar-refractivity contribution in [1.82, 2.24) is 4.98 Å². The summed E-state index contributed by atoms with van der Waals surface area (Å²) in [7, 11) is 0. The van der Waals surface area contributed by atoms with E-state index in [-0.39, 0.29) is 18.0 Å². The van der Waals surface area contributed by atoms with E-state index in [0.29, 0.717) is 16.7 Å². The molecule has 1 amide bonds. The Morgan fingerprint density at radius 3 is 2.45 bits per heavy atom. The lowest BCUT2D eigenvalue weighted by Gasteiger charge is -2.07. The molecule has 0 bridgehead atoms. The molecule has 3 N–H and O–H groups in total. The molecule has 1 heterocycles. The van der Waals surface area contributed by atoms with E-state index in [1.165, 1.54) is 0 Å². The van der Waals surface area contributed by atoms with Crippen LogP contribution in [0.25, 0.3) is 22.2 Å². The van der Waals surface area contributed by atoms with Crippen molar-refractivity contribution in [2.45, 2.75) is 0 Å². The molecule has 6 heteroatoms. The molecule has 0 radical (unpaired) electrons. The maximum absolute atomic E-state index is 11.7. The molecule has 0 aliphatic heterocycles. The fraction of sp³-hybridized carbons (Fsp3) is 0. The van der Waals surface area contributed by atoms with Gasteiger partial charge in [-0.05, 0) is 23.3 Å². The summed E-state index contributed by atoms with van der Waals surface area (Å²) in [5.74, 6) is -1.22. The minimum atomic E-state index is -0.610. The number of primary amides is 1. The molecule has 3 aromatic rings. The molecule has 3 rings (SSSR count). The summed E-state index contributed by atoms with van der Waals surface area (Å²) in [6.07, 6.45) is 0. The van der Waals surface area contributed by atoms with E-state index < -0.39 is 11.7 Å². The topological polar surface area (TPSA) is 89.1 Å². The maximum atomic E-state index is 11.7. The molecule has 0 fully saturated rings. The van der Waals surface area contributed by atoms with Gasteiger partial charge in [0.05, 0.1) is 5.56 Å². The standard InChI is InChI=1S/C14H10N2O3.ClH/c15-13(17)11-9(8-4-2-1-3-5-8)6-7-10-12(11)16-14(18)19-10;/h1-7H,(H2,15,17)(H,16,18);1H. The van der Waals surface area contributed by atoms with Crippen LogP contribution < -0.4 is 11.5 Å². The van der Waals surface area contributed by atoms with Gasteiger partial charge < -0.3 is 10.2 Å². The van der Waals surface area contributed by atoms with Gasteiger partial charge in [-0.2, -0.15) is 0 Å². The number of carbonyl (C=O) groups is 1. The third-order valence-corrected chi connectivity index (χ3v) is 2.93. The van der Waals surface area contributed by atoms with Crippen LogP contribution in [0.2, 0.25) is 0 Å². The van der Waals surface area contributed by atoms with Crippen LogP contribution in [-0.4, -0.2) is 10.9 Å². The van der Waals surface area contributed by atoms with Crippen molar-refractivity contribution in [3.8, 4) is 11.1 Å². The number of nitrogens with two attached hydrogens (primary N) is 1. The van der Waals surface area contributed by atoms with Gasteiger partial charge in [0.2, 0.25) is 0 Å². The van der Waals surface area contributed by atoms with Crippen LogP contribution in [0.1, 0.15) is 10.4 Å². The van der Waals surface area contributed by atoms with Gasteiger partial charge in [-0.3, -0.25) is 9.78 Å². The maximum Gasteiger partial charge on any atom is 0.417 e. The van der Waals surface area contributed by atoms with Crippen LogP contribution in [0.4, 0.5) is 0 Å². The second-order valence-electron chi connectivity index (χ2n) is 4.11. The third kappa shape index (κ3) is 2.19. The van der Waals surface area contributed by atoms with Gasteiger partial charge >= 0.3 is 5.76 Å². The summed E-state index contributed by atoms with van der Waals surface area (Å²) in [5, 5.41) is 0. The summed E-state index contributed by atoms with van der Waals surface area (Å²) in [6.45, 7) is 0. The number of aromatic amines is 1. The fourth-order valence-corrected chi connectivity index (χ4v) is 2.13. The van der Waals surface area contributed by atoms with E-state index >= 15 is 0 Å². The van der Waals surface area contributed by atoms with E-state index in [2.05, 4.69) is 4.98 Å². The van der Waals surface area contributed by atoms with Crippen LogP contribution in [0.3, 0.4) is 0 Å². The highest BCUT2D eigenvalue weighted by molar-refractivity contribution is 6.09. The smallest absolute Gasteiger partial charge is 0.408 e. The Morgan fingerprint density at radius 2 is 1.80 bits per heavy atom. The first kappa shape index (κ1) is 13.9. The van der Waals surface area contributed by atoms with Gasteiger partial charge in [-0.15, -0.1) is 12.4 Å². The van der Waals surface area contributed by atoms with E-state index in [1.54, 1.807) is 12.1 Å². The van der Waals surface area contributed by atoms with E-state index in [1.807, 2.05) is 30.3 Å². The van der Waals surface area contributed by atoms with E-state index in [0.717, 1.165) is 5.56 Å². The number of benzene rings is 2. The molecule has 2 aromatic carbocycles. The molecule has 0 unspecified atom stereocenters. The third-order valence-electron chi connectivity index (χ3n) is 2.93. The molecule has 102 valence electrons.